The monoisotopic (exact) mass is 202 g/mol. The van der Waals surface area contributed by atoms with E-state index in [0.717, 1.165) is 5.92 Å². The van der Waals surface area contributed by atoms with Crippen molar-refractivity contribution in [2.24, 2.45) is 5.92 Å². The van der Waals surface area contributed by atoms with E-state index in [1.54, 1.807) is 0 Å². The van der Waals surface area contributed by atoms with Gasteiger partial charge in [-0.2, -0.15) is 11.8 Å². The van der Waals surface area contributed by atoms with Crippen LogP contribution in [-0.4, -0.2) is 38.2 Å². The molecule has 0 spiro atoms. The highest BCUT2D eigenvalue weighted by atomic mass is 32.2. The summed E-state index contributed by atoms with van der Waals surface area (Å²) in [4.78, 5) is 0. The van der Waals surface area contributed by atoms with Crippen LogP contribution < -0.4 is 10.6 Å². The van der Waals surface area contributed by atoms with E-state index < -0.39 is 0 Å². The first-order valence-corrected chi connectivity index (χ1v) is 6.73. The largest absolute Gasteiger partial charge is 0.317 e. The van der Waals surface area contributed by atoms with Gasteiger partial charge in [-0.3, -0.25) is 0 Å². The molecule has 0 aromatic heterocycles. The van der Waals surface area contributed by atoms with Crippen molar-refractivity contribution in [2.75, 3.05) is 38.2 Å². The Morgan fingerprint density at radius 2 is 2.15 bits per heavy atom. The van der Waals surface area contributed by atoms with Gasteiger partial charge in [-0.1, -0.05) is 0 Å². The van der Waals surface area contributed by atoms with Crippen molar-refractivity contribution < 1.29 is 0 Å². The van der Waals surface area contributed by atoms with Crippen molar-refractivity contribution in [2.45, 2.75) is 19.3 Å². The van der Waals surface area contributed by atoms with Crippen LogP contribution in [0.2, 0.25) is 0 Å². The highest BCUT2D eigenvalue weighted by Gasteiger charge is 2.11. The van der Waals surface area contributed by atoms with Gasteiger partial charge in [0.2, 0.25) is 0 Å². The fourth-order valence-electron chi connectivity index (χ4n) is 1.73. The van der Waals surface area contributed by atoms with Gasteiger partial charge >= 0.3 is 0 Å². The first-order valence-electron chi connectivity index (χ1n) is 5.34. The molecule has 1 fully saturated rings. The standard InChI is InChI=1S/C10H22N2S/c1-13-8-2-5-12-9-10-3-6-11-7-4-10/h10-12H,2-9H2,1H3. The topological polar surface area (TPSA) is 24.1 Å². The van der Waals surface area contributed by atoms with E-state index in [-0.39, 0.29) is 0 Å². The summed E-state index contributed by atoms with van der Waals surface area (Å²) in [7, 11) is 0. The minimum Gasteiger partial charge on any atom is -0.317 e. The van der Waals surface area contributed by atoms with Crippen LogP contribution in [0.1, 0.15) is 19.3 Å². The van der Waals surface area contributed by atoms with Crippen molar-refractivity contribution in [1.29, 1.82) is 0 Å². The Balaban J connectivity index is 1.86. The molecule has 1 aliphatic rings. The molecule has 1 saturated heterocycles. The van der Waals surface area contributed by atoms with Crippen LogP contribution in [0.3, 0.4) is 0 Å². The maximum Gasteiger partial charge on any atom is -0.00196 e. The summed E-state index contributed by atoms with van der Waals surface area (Å²) in [6, 6.07) is 0. The first kappa shape index (κ1) is 11.3. The number of hydrogen-bond acceptors (Lipinski definition) is 3. The van der Waals surface area contributed by atoms with Crippen molar-refractivity contribution in [1.82, 2.24) is 10.6 Å². The van der Waals surface area contributed by atoms with E-state index in [2.05, 4.69) is 16.9 Å². The fraction of sp³-hybridized carbons (Fsp3) is 1.00. The smallest absolute Gasteiger partial charge is 0.00196 e. The molecule has 1 aliphatic heterocycles. The van der Waals surface area contributed by atoms with Gasteiger partial charge in [0.25, 0.3) is 0 Å². The van der Waals surface area contributed by atoms with Crippen LogP contribution in [0.15, 0.2) is 0 Å². The molecule has 78 valence electrons. The fourth-order valence-corrected chi connectivity index (χ4v) is 2.17. The van der Waals surface area contributed by atoms with Crippen LogP contribution in [-0.2, 0) is 0 Å². The molecule has 0 amide bonds. The molecule has 2 nitrogen and oxygen atoms in total. The van der Waals surface area contributed by atoms with Crippen molar-refractivity contribution >= 4 is 11.8 Å². The molecule has 3 heteroatoms. The quantitative estimate of drug-likeness (QED) is 0.635. The van der Waals surface area contributed by atoms with E-state index in [1.165, 1.54) is 51.2 Å². The van der Waals surface area contributed by atoms with Crippen LogP contribution >= 0.6 is 11.8 Å². The molecule has 0 aliphatic carbocycles. The minimum absolute atomic E-state index is 0.926. The molecule has 13 heavy (non-hydrogen) atoms. The zero-order valence-corrected chi connectivity index (χ0v) is 9.46. The van der Waals surface area contributed by atoms with Gasteiger partial charge in [0.05, 0.1) is 0 Å². The SMILES string of the molecule is CSCCCNCC1CCNCC1. The number of nitrogens with one attached hydrogen (secondary N) is 2. The van der Waals surface area contributed by atoms with E-state index >= 15 is 0 Å². The lowest BCUT2D eigenvalue weighted by Gasteiger charge is -2.22. The summed E-state index contributed by atoms with van der Waals surface area (Å²) in [6.45, 7) is 4.87. The maximum atomic E-state index is 3.55. The molecule has 1 rings (SSSR count). The van der Waals surface area contributed by atoms with Gasteiger partial charge < -0.3 is 10.6 Å². The molecule has 0 aromatic carbocycles. The summed E-state index contributed by atoms with van der Waals surface area (Å²) < 4.78 is 0. The van der Waals surface area contributed by atoms with Gasteiger partial charge in [-0.25, -0.2) is 0 Å². The van der Waals surface area contributed by atoms with E-state index in [9.17, 15) is 0 Å². The number of piperidine rings is 1. The lowest BCUT2D eigenvalue weighted by atomic mass is 9.98. The van der Waals surface area contributed by atoms with Crippen LogP contribution in [0.4, 0.5) is 0 Å². The van der Waals surface area contributed by atoms with Crippen LogP contribution in [0.5, 0.6) is 0 Å². The van der Waals surface area contributed by atoms with Gasteiger partial charge in [0.1, 0.15) is 0 Å². The highest BCUT2D eigenvalue weighted by molar-refractivity contribution is 7.98. The number of thioether (sulfide) groups is 1. The lowest BCUT2D eigenvalue weighted by Crippen LogP contribution is -2.34. The molecule has 2 N–H and O–H groups in total. The lowest BCUT2D eigenvalue weighted by molar-refractivity contribution is 0.357. The van der Waals surface area contributed by atoms with Crippen molar-refractivity contribution in [3.05, 3.63) is 0 Å². The average Bonchev–Trinajstić information content (AvgIpc) is 2.19. The predicted molar refractivity (Wildman–Crippen MR) is 61.5 cm³/mol. The van der Waals surface area contributed by atoms with Crippen molar-refractivity contribution in [3.8, 4) is 0 Å². The molecule has 0 saturated carbocycles. The predicted octanol–water partition coefficient (Wildman–Crippen LogP) is 1.33. The van der Waals surface area contributed by atoms with Crippen LogP contribution in [0.25, 0.3) is 0 Å². The molecule has 0 radical (unpaired) electrons. The number of rotatable bonds is 6. The van der Waals surface area contributed by atoms with E-state index in [0.29, 0.717) is 0 Å². The molecule has 0 unspecified atom stereocenters. The number of hydrogen-bond donors (Lipinski definition) is 2. The minimum atomic E-state index is 0.926. The summed E-state index contributed by atoms with van der Waals surface area (Å²) in [5.41, 5.74) is 0. The molecule has 1 heterocycles. The zero-order valence-electron chi connectivity index (χ0n) is 8.64. The Bertz CT molecular complexity index is 113. The van der Waals surface area contributed by atoms with Crippen LogP contribution in [0, 0.1) is 5.92 Å². The van der Waals surface area contributed by atoms with Gasteiger partial charge in [0.15, 0.2) is 0 Å². The zero-order chi connectivity index (χ0) is 9.36. The highest BCUT2D eigenvalue weighted by Crippen LogP contribution is 2.09. The Morgan fingerprint density at radius 1 is 1.38 bits per heavy atom. The Hall–Kier alpha value is 0.270. The van der Waals surface area contributed by atoms with Gasteiger partial charge in [-0.05, 0) is 63.4 Å². The van der Waals surface area contributed by atoms with Crippen molar-refractivity contribution in [3.63, 3.8) is 0 Å². The molecule has 0 aromatic rings. The molecule has 0 atom stereocenters. The molecular formula is C10H22N2S. The third kappa shape index (κ3) is 5.55. The second-order valence-electron chi connectivity index (χ2n) is 3.74. The molecular weight excluding hydrogens is 180 g/mol. The summed E-state index contributed by atoms with van der Waals surface area (Å²) in [6.07, 6.45) is 6.20. The maximum absolute atomic E-state index is 3.55. The third-order valence-corrected chi connectivity index (χ3v) is 3.29. The van der Waals surface area contributed by atoms with Gasteiger partial charge in [-0.15, -0.1) is 0 Å². The molecule has 0 bridgehead atoms. The van der Waals surface area contributed by atoms with E-state index in [1.807, 2.05) is 11.8 Å². The third-order valence-electron chi connectivity index (χ3n) is 2.59. The Kier molecular flexibility index (Phi) is 6.68. The second kappa shape index (κ2) is 7.65. The van der Waals surface area contributed by atoms with Gasteiger partial charge in [0, 0.05) is 0 Å². The average molecular weight is 202 g/mol. The second-order valence-corrected chi connectivity index (χ2v) is 4.73. The Labute approximate surface area is 86.2 Å². The summed E-state index contributed by atoms with van der Waals surface area (Å²) in [5, 5.41) is 6.94. The Morgan fingerprint density at radius 3 is 2.85 bits per heavy atom. The summed E-state index contributed by atoms with van der Waals surface area (Å²) in [5.74, 6) is 2.22. The van der Waals surface area contributed by atoms with E-state index in [4.69, 9.17) is 0 Å². The summed E-state index contributed by atoms with van der Waals surface area (Å²) >= 11 is 1.94. The first-order chi connectivity index (χ1) is 6.43. The normalized spacial score (nSPS) is 19.2.